The molecule has 2 rings (SSSR count). The summed E-state index contributed by atoms with van der Waals surface area (Å²) in [7, 11) is 0. The highest BCUT2D eigenvalue weighted by Crippen LogP contribution is 2.35. The molecule has 0 aromatic heterocycles. The van der Waals surface area contributed by atoms with Crippen LogP contribution in [0, 0.1) is 0 Å². The maximum atomic E-state index is 11.0. The molecule has 20 heavy (non-hydrogen) atoms. The summed E-state index contributed by atoms with van der Waals surface area (Å²) in [6.45, 7) is 8.88. The number of carbonyl (C=O) groups is 1. The molecule has 3 N–H and O–H groups in total. The Morgan fingerprint density at radius 3 is 2.80 bits per heavy atom. The van der Waals surface area contributed by atoms with Gasteiger partial charge in [0.1, 0.15) is 11.4 Å². The quantitative estimate of drug-likeness (QED) is 0.866. The molecular formula is C16H24N2O2. The van der Waals surface area contributed by atoms with Gasteiger partial charge in [-0.05, 0) is 44.9 Å². The second-order valence-electron chi connectivity index (χ2n) is 6.86. The van der Waals surface area contributed by atoms with Gasteiger partial charge in [0, 0.05) is 24.9 Å². The monoisotopic (exact) mass is 276 g/mol. The number of ether oxygens (including phenoxy) is 1. The Kier molecular flexibility index (Phi) is 3.78. The van der Waals surface area contributed by atoms with E-state index in [0.29, 0.717) is 13.0 Å². The molecule has 0 saturated heterocycles. The predicted molar refractivity (Wildman–Crippen MR) is 79.6 cm³/mol. The predicted octanol–water partition coefficient (Wildman–Crippen LogP) is 2.14. The Labute approximate surface area is 120 Å². The Morgan fingerprint density at radius 2 is 2.15 bits per heavy atom. The van der Waals surface area contributed by atoms with E-state index >= 15 is 0 Å². The van der Waals surface area contributed by atoms with E-state index in [1.54, 1.807) is 0 Å². The fraction of sp³-hybridized carbons (Fsp3) is 0.562. The number of rotatable bonds is 5. The summed E-state index contributed by atoms with van der Waals surface area (Å²) in [5.74, 6) is 0.696. The zero-order valence-electron chi connectivity index (χ0n) is 12.7. The molecule has 1 heterocycles. The normalized spacial score (nSPS) is 16.6. The lowest BCUT2D eigenvalue weighted by atomic mass is 9.98. The number of primary amides is 1. The zero-order valence-corrected chi connectivity index (χ0v) is 12.7. The van der Waals surface area contributed by atoms with Gasteiger partial charge < -0.3 is 15.8 Å². The van der Waals surface area contributed by atoms with Crippen molar-refractivity contribution in [2.45, 2.75) is 58.2 Å². The number of hydrogen-bond donors (Lipinski definition) is 2. The van der Waals surface area contributed by atoms with E-state index in [0.717, 1.165) is 12.2 Å². The van der Waals surface area contributed by atoms with Crippen LogP contribution in [0.1, 0.15) is 45.2 Å². The number of hydrogen-bond acceptors (Lipinski definition) is 3. The van der Waals surface area contributed by atoms with Crippen molar-refractivity contribution in [2.75, 3.05) is 0 Å². The highest BCUT2D eigenvalue weighted by Gasteiger charge is 2.30. The standard InChI is InChI=1S/C16H24N2O2/c1-15(2,9-14(17)19)18-10-11-5-6-13-12(7-11)8-16(3,4)20-13/h5-7,18H,8-10H2,1-4H3,(H2,17,19). The van der Waals surface area contributed by atoms with Gasteiger partial charge in [0.15, 0.2) is 0 Å². The molecule has 0 radical (unpaired) electrons. The first-order valence-corrected chi connectivity index (χ1v) is 7.01. The molecule has 0 saturated carbocycles. The molecule has 4 heteroatoms. The minimum atomic E-state index is -0.291. The molecule has 0 spiro atoms. The van der Waals surface area contributed by atoms with Crippen LogP contribution in [0.15, 0.2) is 18.2 Å². The molecule has 4 nitrogen and oxygen atoms in total. The Bertz CT molecular complexity index is 521. The Hall–Kier alpha value is -1.55. The third kappa shape index (κ3) is 3.73. The van der Waals surface area contributed by atoms with Crippen molar-refractivity contribution in [3.63, 3.8) is 0 Å². The number of carbonyl (C=O) groups excluding carboxylic acids is 1. The number of amides is 1. The number of benzene rings is 1. The highest BCUT2D eigenvalue weighted by atomic mass is 16.5. The second kappa shape index (κ2) is 5.09. The van der Waals surface area contributed by atoms with Crippen LogP contribution in [0.2, 0.25) is 0 Å². The minimum Gasteiger partial charge on any atom is -0.487 e. The summed E-state index contributed by atoms with van der Waals surface area (Å²) in [6.07, 6.45) is 1.26. The van der Waals surface area contributed by atoms with Crippen molar-refractivity contribution >= 4 is 5.91 Å². The van der Waals surface area contributed by atoms with Gasteiger partial charge in [-0.1, -0.05) is 12.1 Å². The molecular weight excluding hydrogens is 252 g/mol. The van der Waals surface area contributed by atoms with Gasteiger partial charge in [0.2, 0.25) is 5.91 Å². The highest BCUT2D eigenvalue weighted by molar-refractivity contribution is 5.75. The maximum Gasteiger partial charge on any atom is 0.219 e. The summed E-state index contributed by atoms with van der Waals surface area (Å²) < 4.78 is 5.87. The summed E-state index contributed by atoms with van der Waals surface area (Å²) >= 11 is 0. The van der Waals surface area contributed by atoms with Crippen LogP contribution >= 0.6 is 0 Å². The van der Waals surface area contributed by atoms with Crippen molar-refractivity contribution in [1.82, 2.24) is 5.32 Å². The van der Waals surface area contributed by atoms with Crippen molar-refractivity contribution < 1.29 is 9.53 Å². The van der Waals surface area contributed by atoms with Crippen molar-refractivity contribution in [3.8, 4) is 5.75 Å². The molecule has 0 atom stereocenters. The van der Waals surface area contributed by atoms with Crippen LogP contribution in [-0.4, -0.2) is 17.0 Å². The van der Waals surface area contributed by atoms with Gasteiger partial charge in [0.05, 0.1) is 0 Å². The van der Waals surface area contributed by atoms with E-state index < -0.39 is 0 Å². The van der Waals surface area contributed by atoms with Crippen molar-refractivity contribution in [3.05, 3.63) is 29.3 Å². The Balaban J connectivity index is 2.01. The van der Waals surface area contributed by atoms with E-state index in [1.165, 1.54) is 11.1 Å². The van der Waals surface area contributed by atoms with Gasteiger partial charge in [-0.2, -0.15) is 0 Å². The van der Waals surface area contributed by atoms with E-state index in [9.17, 15) is 4.79 Å². The molecule has 1 aliphatic heterocycles. The van der Waals surface area contributed by atoms with Gasteiger partial charge in [-0.3, -0.25) is 4.79 Å². The van der Waals surface area contributed by atoms with Crippen LogP contribution in [0.3, 0.4) is 0 Å². The van der Waals surface area contributed by atoms with Crippen molar-refractivity contribution in [1.29, 1.82) is 0 Å². The zero-order chi connectivity index (χ0) is 15.0. The molecule has 1 aliphatic rings. The first-order valence-electron chi connectivity index (χ1n) is 7.01. The topological polar surface area (TPSA) is 64.4 Å². The van der Waals surface area contributed by atoms with Crippen LogP contribution in [0.25, 0.3) is 0 Å². The third-order valence-corrected chi connectivity index (χ3v) is 3.51. The molecule has 1 aromatic rings. The lowest BCUT2D eigenvalue weighted by Crippen LogP contribution is -2.42. The summed E-state index contributed by atoms with van der Waals surface area (Å²) in [5, 5.41) is 3.38. The first kappa shape index (κ1) is 14.9. The van der Waals surface area contributed by atoms with Crippen LogP contribution in [0.4, 0.5) is 0 Å². The van der Waals surface area contributed by atoms with Crippen LogP contribution < -0.4 is 15.8 Å². The first-order chi connectivity index (χ1) is 9.17. The third-order valence-electron chi connectivity index (χ3n) is 3.51. The molecule has 0 aliphatic carbocycles. The van der Waals surface area contributed by atoms with E-state index in [1.807, 2.05) is 19.9 Å². The van der Waals surface area contributed by atoms with Gasteiger partial charge in [0.25, 0.3) is 0 Å². The van der Waals surface area contributed by atoms with Crippen LogP contribution in [0.5, 0.6) is 5.75 Å². The molecule has 1 amide bonds. The second-order valence-corrected chi connectivity index (χ2v) is 6.86. The molecule has 110 valence electrons. The summed E-state index contributed by atoms with van der Waals surface area (Å²) in [6, 6.07) is 6.27. The maximum absolute atomic E-state index is 11.0. The summed E-state index contributed by atoms with van der Waals surface area (Å²) in [4.78, 5) is 11.0. The van der Waals surface area contributed by atoms with Gasteiger partial charge in [-0.15, -0.1) is 0 Å². The van der Waals surface area contributed by atoms with Crippen LogP contribution in [-0.2, 0) is 17.8 Å². The smallest absolute Gasteiger partial charge is 0.219 e. The van der Waals surface area contributed by atoms with E-state index in [-0.39, 0.29) is 17.0 Å². The number of nitrogens with one attached hydrogen (secondary N) is 1. The molecule has 0 bridgehead atoms. The fourth-order valence-corrected chi connectivity index (χ4v) is 2.61. The van der Waals surface area contributed by atoms with Gasteiger partial charge in [-0.25, -0.2) is 0 Å². The van der Waals surface area contributed by atoms with Gasteiger partial charge >= 0.3 is 0 Å². The molecule has 0 unspecified atom stereocenters. The lowest BCUT2D eigenvalue weighted by Gasteiger charge is -2.25. The number of nitrogens with two attached hydrogens (primary N) is 1. The SMILES string of the molecule is CC(C)(CC(N)=O)NCc1ccc2c(c1)CC(C)(C)O2. The number of fused-ring (bicyclic) bond motifs is 1. The van der Waals surface area contributed by atoms with E-state index in [2.05, 4.69) is 31.3 Å². The fourth-order valence-electron chi connectivity index (χ4n) is 2.61. The van der Waals surface area contributed by atoms with E-state index in [4.69, 9.17) is 10.5 Å². The lowest BCUT2D eigenvalue weighted by molar-refractivity contribution is -0.119. The average molecular weight is 276 g/mol. The average Bonchev–Trinajstić information content (AvgIpc) is 2.57. The summed E-state index contributed by atoms with van der Waals surface area (Å²) in [5.41, 5.74) is 7.30. The minimum absolute atomic E-state index is 0.111. The molecule has 0 fully saturated rings. The molecule has 1 aromatic carbocycles. The largest absolute Gasteiger partial charge is 0.487 e. The Morgan fingerprint density at radius 1 is 1.45 bits per heavy atom. The van der Waals surface area contributed by atoms with Crippen molar-refractivity contribution in [2.24, 2.45) is 5.73 Å².